The molecule has 2 aliphatic rings. The Morgan fingerprint density at radius 2 is 1.91 bits per heavy atom. The topological polar surface area (TPSA) is 83.7 Å². The van der Waals surface area contributed by atoms with Gasteiger partial charge in [-0.25, -0.2) is 4.98 Å². The second-order valence-corrected chi connectivity index (χ2v) is 9.55. The van der Waals surface area contributed by atoms with Crippen LogP contribution in [-0.4, -0.2) is 67.4 Å². The molecule has 0 radical (unpaired) electrons. The molecule has 0 spiro atoms. The quantitative estimate of drug-likeness (QED) is 0.471. The van der Waals surface area contributed by atoms with Crippen LogP contribution in [0.1, 0.15) is 11.1 Å². The zero-order chi connectivity index (χ0) is 24.0. The second-order valence-electron chi connectivity index (χ2n) is 8.43. The second kappa shape index (κ2) is 11.0. The average molecular weight is 490 g/mol. The molecule has 3 aromatic rings. The lowest BCUT2D eigenvalue weighted by Gasteiger charge is -2.42. The molecule has 0 saturated carbocycles. The Morgan fingerprint density at radius 3 is 2.60 bits per heavy atom. The highest BCUT2D eigenvalue weighted by Gasteiger charge is 2.29. The molecule has 0 N–H and O–H groups in total. The monoisotopic (exact) mass is 489 g/mol. The average Bonchev–Trinajstić information content (AvgIpc) is 2.88. The summed E-state index contributed by atoms with van der Waals surface area (Å²) in [6.45, 7) is 5.71. The van der Waals surface area contributed by atoms with Crippen molar-refractivity contribution >= 4 is 17.7 Å². The van der Waals surface area contributed by atoms with Crippen LogP contribution in [0.5, 0.6) is 11.6 Å². The molecule has 5 rings (SSSR count). The molecule has 0 unspecified atom stereocenters. The molecule has 0 atom stereocenters. The van der Waals surface area contributed by atoms with Gasteiger partial charge in [-0.15, -0.1) is 0 Å². The largest absolute Gasteiger partial charge is 0.497 e. The van der Waals surface area contributed by atoms with Crippen LogP contribution in [0.15, 0.2) is 64.5 Å². The molecule has 35 heavy (non-hydrogen) atoms. The summed E-state index contributed by atoms with van der Waals surface area (Å²) >= 11 is 1.52. The molecule has 3 heterocycles. The van der Waals surface area contributed by atoms with Crippen molar-refractivity contribution in [3.63, 3.8) is 0 Å². The first-order valence-electron chi connectivity index (χ1n) is 11.6. The molecule has 2 fully saturated rings. The van der Waals surface area contributed by atoms with Crippen LogP contribution in [0.2, 0.25) is 0 Å². The van der Waals surface area contributed by atoms with E-state index >= 15 is 0 Å². The highest BCUT2D eigenvalue weighted by molar-refractivity contribution is 7.99. The number of ether oxygens (including phenoxy) is 3. The van der Waals surface area contributed by atoms with E-state index < -0.39 is 0 Å². The van der Waals surface area contributed by atoms with Crippen molar-refractivity contribution in [3.8, 4) is 17.7 Å². The van der Waals surface area contributed by atoms with Crippen molar-refractivity contribution in [2.24, 2.45) is 0 Å². The molecule has 0 aliphatic carbocycles. The zero-order valence-electron chi connectivity index (χ0n) is 19.6. The first-order chi connectivity index (χ1) is 17.2. The van der Waals surface area contributed by atoms with E-state index in [9.17, 15) is 0 Å². The third-order valence-electron chi connectivity index (χ3n) is 6.16. The van der Waals surface area contributed by atoms with Crippen LogP contribution in [0.4, 0.5) is 5.95 Å². The van der Waals surface area contributed by atoms with E-state index in [1.54, 1.807) is 19.2 Å². The van der Waals surface area contributed by atoms with E-state index in [0.717, 1.165) is 60.5 Å². The maximum Gasteiger partial charge on any atom is 0.232 e. The van der Waals surface area contributed by atoms with Crippen molar-refractivity contribution in [2.45, 2.75) is 22.4 Å². The van der Waals surface area contributed by atoms with Gasteiger partial charge in [-0.2, -0.15) is 10.2 Å². The van der Waals surface area contributed by atoms with Crippen LogP contribution < -0.4 is 14.4 Å². The summed E-state index contributed by atoms with van der Waals surface area (Å²) in [7, 11) is 1.65. The number of piperazine rings is 1. The molecule has 2 saturated heterocycles. The first kappa shape index (κ1) is 23.4. The maximum absolute atomic E-state index is 9.08. The molecule has 0 bridgehead atoms. The van der Waals surface area contributed by atoms with E-state index in [1.807, 2.05) is 42.6 Å². The van der Waals surface area contributed by atoms with Gasteiger partial charge in [0.2, 0.25) is 11.8 Å². The van der Waals surface area contributed by atoms with Crippen molar-refractivity contribution in [1.82, 2.24) is 14.9 Å². The maximum atomic E-state index is 9.08. The molecule has 1 aromatic heterocycles. The number of aromatic nitrogens is 2. The van der Waals surface area contributed by atoms with Crippen LogP contribution in [0.25, 0.3) is 0 Å². The predicted molar refractivity (Wildman–Crippen MR) is 133 cm³/mol. The molecular formula is C26H27N5O3S. The summed E-state index contributed by atoms with van der Waals surface area (Å²) in [6, 6.07) is 18.0. The molecule has 8 nitrogen and oxygen atoms in total. The highest BCUT2D eigenvalue weighted by Crippen LogP contribution is 2.35. The molecular weight excluding hydrogens is 462 g/mol. The van der Waals surface area contributed by atoms with Crippen LogP contribution in [-0.2, 0) is 11.3 Å². The van der Waals surface area contributed by atoms with E-state index in [0.29, 0.717) is 30.0 Å². The zero-order valence-corrected chi connectivity index (χ0v) is 20.4. The lowest BCUT2D eigenvalue weighted by Crippen LogP contribution is -2.56. The Bertz CT molecular complexity index is 1190. The van der Waals surface area contributed by atoms with E-state index in [1.165, 1.54) is 11.8 Å². The summed E-state index contributed by atoms with van der Waals surface area (Å²) < 4.78 is 16.9. The van der Waals surface area contributed by atoms with Gasteiger partial charge in [0.1, 0.15) is 12.4 Å². The molecule has 2 aliphatic heterocycles. The van der Waals surface area contributed by atoms with Gasteiger partial charge < -0.3 is 19.1 Å². The molecule has 2 aromatic carbocycles. The number of rotatable bonds is 8. The van der Waals surface area contributed by atoms with Crippen molar-refractivity contribution < 1.29 is 14.2 Å². The fraction of sp³-hybridized carbons (Fsp3) is 0.346. The Kier molecular flexibility index (Phi) is 7.33. The molecule has 9 heteroatoms. The lowest BCUT2D eigenvalue weighted by molar-refractivity contribution is -0.0661. The summed E-state index contributed by atoms with van der Waals surface area (Å²) in [4.78, 5) is 16.0. The first-order valence-corrected chi connectivity index (χ1v) is 12.4. The van der Waals surface area contributed by atoms with Gasteiger partial charge in [-0.05, 0) is 42.0 Å². The Balaban J connectivity index is 1.34. The van der Waals surface area contributed by atoms with Crippen molar-refractivity contribution in [2.75, 3.05) is 51.4 Å². The number of anilines is 1. The van der Waals surface area contributed by atoms with E-state index in [-0.39, 0.29) is 0 Å². The smallest absolute Gasteiger partial charge is 0.232 e. The highest BCUT2D eigenvalue weighted by atomic mass is 32.2. The number of benzene rings is 2. The fourth-order valence-corrected chi connectivity index (χ4v) is 4.86. The Labute approximate surface area is 209 Å². The number of hydrogen-bond acceptors (Lipinski definition) is 9. The molecule has 180 valence electrons. The number of hydrogen-bond donors (Lipinski definition) is 0. The van der Waals surface area contributed by atoms with Gasteiger partial charge in [-0.3, -0.25) is 4.90 Å². The predicted octanol–water partition coefficient (Wildman–Crippen LogP) is 3.61. The van der Waals surface area contributed by atoms with E-state index in [4.69, 9.17) is 24.5 Å². The van der Waals surface area contributed by atoms with E-state index in [2.05, 4.69) is 20.9 Å². The Morgan fingerprint density at radius 1 is 1.11 bits per heavy atom. The van der Waals surface area contributed by atoms with Crippen molar-refractivity contribution in [1.29, 1.82) is 5.26 Å². The van der Waals surface area contributed by atoms with Crippen LogP contribution >= 0.6 is 11.8 Å². The third-order valence-corrected chi connectivity index (χ3v) is 7.17. The number of methoxy groups -OCH3 is 1. The fourth-order valence-electron chi connectivity index (χ4n) is 4.03. The van der Waals surface area contributed by atoms with Gasteiger partial charge in [0.25, 0.3) is 0 Å². The minimum absolute atomic E-state index is 0.365. The van der Waals surface area contributed by atoms with Gasteiger partial charge in [0, 0.05) is 31.1 Å². The number of nitriles is 1. The SMILES string of the molecule is COc1cccc(COc2nc(N3CCN(C4COC4)CC3)ncc2Sc2ccc(C#N)cc2)c1. The van der Waals surface area contributed by atoms with Crippen LogP contribution in [0.3, 0.4) is 0 Å². The summed E-state index contributed by atoms with van der Waals surface area (Å²) in [5.74, 6) is 2.01. The lowest BCUT2D eigenvalue weighted by atomic mass is 10.2. The van der Waals surface area contributed by atoms with Gasteiger partial charge in [-0.1, -0.05) is 23.9 Å². The summed E-state index contributed by atoms with van der Waals surface area (Å²) in [5.41, 5.74) is 1.62. The molecule has 0 amide bonds. The summed E-state index contributed by atoms with van der Waals surface area (Å²) in [6.07, 6.45) is 1.83. The minimum Gasteiger partial charge on any atom is -0.497 e. The van der Waals surface area contributed by atoms with Crippen LogP contribution in [0, 0.1) is 11.3 Å². The van der Waals surface area contributed by atoms with Gasteiger partial charge in [0.05, 0.1) is 49.1 Å². The Hall–Kier alpha value is -3.32. The summed E-state index contributed by atoms with van der Waals surface area (Å²) in [5, 5.41) is 9.08. The standard InChI is InChI=1S/C26H27N5O3S/c1-32-22-4-2-3-20(13-22)16-34-25-24(35-23-7-5-19(14-27)6-8-23)15-28-26(29-25)31-11-9-30(10-12-31)21-17-33-18-21/h2-8,13,15,21H,9-12,16-18H2,1H3. The third kappa shape index (κ3) is 5.68. The van der Waals surface area contributed by atoms with Crippen molar-refractivity contribution in [3.05, 3.63) is 65.9 Å². The van der Waals surface area contributed by atoms with Gasteiger partial charge in [0.15, 0.2) is 0 Å². The minimum atomic E-state index is 0.365. The normalized spacial score (nSPS) is 16.4. The number of nitrogens with zero attached hydrogens (tertiary/aromatic N) is 5. The van der Waals surface area contributed by atoms with Gasteiger partial charge >= 0.3 is 0 Å².